The Balaban J connectivity index is 2.12. The lowest BCUT2D eigenvalue weighted by Crippen LogP contribution is -2.40. The Morgan fingerprint density at radius 3 is 2.68 bits per heavy atom. The van der Waals surface area contributed by atoms with Crippen molar-refractivity contribution < 1.29 is 14.0 Å². The Kier molecular flexibility index (Phi) is 4.14. The van der Waals surface area contributed by atoms with Crippen LogP contribution in [0.25, 0.3) is 0 Å². The van der Waals surface area contributed by atoms with Crippen LogP contribution in [0.5, 0.6) is 0 Å². The number of nitrogens with zero attached hydrogens (tertiary/aromatic N) is 1. The van der Waals surface area contributed by atoms with E-state index < -0.39 is 5.82 Å². The predicted molar refractivity (Wildman–Crippen MR) is 70.8 cm³/mol. The summed E-state index contributed by atoms with van der Waals surface area (Å²) in [5.41, 5.74) is 0.714. The van der Waals surface area contributed by atoms with Crippen molar-refractivity contribution in [3.05, 3.63) is 29.6 Å². The average molecular weight is 264 g/mol. The zero-order valence-corrected chi connectivity index (χ0v) is 10.9. The summed E-state index contributed by atoms with van der Waals surface area (Å²) in [7, 11) is 1.63. The molecule has 1 saturated heterocycles. The summed E-state index contributed by atoms with van der Waals surface area (Å²) in [6.07, 6.45) is 1.98. The van der Waals surface area contributed by atoms with Crippen molar-refractivity contribution in [3.8, 4) is 0 Å². The van der Waals surface area contributed by atoms with E-state index in [0.29, 0.717) is 37.9 Å². The van der Waals surface area contributed by atoms with E-state index in [1.165, 1.54) is 6.07 Å². The minimum absolute atomic E-state index is 0.00879. The van der Waals surface area contributed by atoms with Gasteiger partial charge in [-0.3, -0.25) is 9.59 Å². The highest BCUT2D eigenvalue weighted by Crippen LogP contribution is 2.27. The second kappa shape index (κ2) is 5.82. The van der Waals surface area contributed by atoms with Crippen LogP contribution >= 0.6 is 0 Å². The van der Waals surface area contributed by atoms with Crippen molar-refractivity contribution in [3.63, 3.8) is 0 Å². The molecule has 1 amide bonds. The molecule has 0 saturated carbocycles. The van der Waals surface area contributed by atoms with Gasteiger partial charge in [-0.1, -0.05) is 6.07 Å². The first-order valence-corrected chi connectivity index (χ1v) is 6.37. The second-order valence-electron chi connectivity index (χ2n) is 4.67. The Labute approximate surface area is 111 Å². The molecule has 1 aromatic rings. The van der Waals surface area contributed by atoms with Gasteiger partial charge in [-0.25, -0.2) is 4.39 Å². The van der Waals surface area contributed by atoms with E-state index in [4.69, 9.17) is 0 Å². The van der Waals surface area contributed by atoms with Crippen molar-refractivity contribution in [2.24, 2.45) is 5.92 Å². The normalized spacial score (nSPS) is 16.2. The summed E-state index contributed by atoms with van der Waals surface area (Å²) in [5, 5.41) is 2.65. The largest absolute Gasteiger partial charge is 0.371 e. The van der Waals surface area contributed by atoms with Gasteiger partial charge in [0, 0.05) is 26.1 Å². The van der Waals surface area contributed by atoms with Gasteiger partial charge in [-0.15, -0.1) is 0 Å². The van der Waals surface area contributed by atoms with Crippen LogP contribution in [0.1, 0.15) is 23.2 Å². The maximum Gasteiger partial charge on any atom is 0.222 e. The van der Waals surface area contributed by atoms with Crippen molar-refractivity contribution in [2.45, 2.75) is 12.8 Å². The predicted octanol–water partition coefficient (Wildman–Crippen LogP) is 1.60. The number of nitrogens with one attached hydrogen (secondary N) is 1. The number of rotatable bonds is 3. The first kappa shape index (κ1) is 13.5. The van der Waals surface area contributed by atoms with E-state index in [1.807, 2.05) is 4.90 Å². The molecule has 0 unspecified atom stereocenters. The standard InChI is InChI=1S/C14H17FN2O2/c1-16-14(19)10-5-7-17(8-6-10)13-4-2-3-12(15)11(13)9-18/h2-4,9-10H,5-8H2,1H3,(H,16,19). The molecule has 0 bridgehead atoms. The molecule has 19 heavy (non-hydrogen) atoms. The fourth-order valence-corrected chi connectivity index (χ4v) is 2.50. The van der Waals surface area contributed by atoms with Crippen LogP contribution in [0.3, 0.4) is 0 Å². The molecule has 2 rings (SSSR count). The van der Waals surface area contributed by atoms with Crippen LogP contribution in [-0.2, 0) is 4.79 Å². The highest BCUT2D eigenvalue weighted by atomic mass is 19.1. The van der Waals surface area contributed by atoms with Crippen molar-refractivity contribution >= 4 is 17.9 Å². The van der Waals surface area contributed by atoms with E-state index >= 15 is 0 Å². The molecule has 1 N–H and O–H groups in total. The molecule has 1 aliphatic heterocycles. The van der Waals surface area contributed by atoms with Crippen LogP contribution in [0.15, 0.2) is 18.2 Å². The Morgan fingerprint density at radius 2 is 2.11 bits per heavy atom. The molecule has 0 aliphatic carbocycles. The Hall–Kier alpha value is -1.91. The molecule has 5 heteroatoms. The average Bonchev–Trinajstić information content (AvgIpc) is 2.46. The summed E-state index contributed by atoms with van der Waals surface area (Å²) in [5.74, 6) is -0.440. The molecule has 0 atom stereocenters. The third kappa shape index (κ3) is 2.75. The number of amides is 1. The number of hydrogen-bond acceptors (Lipinski definition) is 3. The van der Waals surface area contributed by atoms with Gasteiger partial charge in [0.1, 0.15) is 5.82 Å². The molecule has 4 nitrogen and oxygen atoms in total. The lowest BCUT2D eigenvalue weighted by molar-refractivity contribution is -0.125. The van der Waals surface area contributed by atoms with Gasteiger partial charge in [0.2, 0.25) is 5.91 Å². The summed E-state index contributed by atoms with van der Waals surface area (Å²) in [4.78, 5) is 24.5. The van der Waals surface area contributed by atoms with Crippen LogP contribution in [0, 0.1) is 11.7 Å². The lowest BCUT2D eigenvalue weighted by Gasteiger charge is -2.33. The number of anilines is 1. The fourth-order valence-electron chi connectivity index (χ4n) is 2.50. The van der Waals surface area contributed by atoms with Crippen LogP contribution in [0.2, 0.25) is 0 Å². The summed E-state index contributed by atoms with van der Waals surface area (Å²) in [6.45, 7) is 1.31. The third-order valence-electron chi connectivity index (χ3n) is 3.60. The first-order chi connectivity index (χ1) is 9.17. The number of carbonyl (C=O) groups is 2. The summed E-state index contributed by atoms with van der Waals surface area (Å²) < 4.78 is 13.5. The van der Waals surface area contributed by atoms with Gasteiger partial charge in [0.05, 0.1) is 11.3 Å². The van der Waals surface area contributed by atoms with E-state index in [1.54, 1.807) is 19.2 Å². The van der Waals surface area contributed by atoms with Crippen LogP contribution in [0.4, 0.5) is 10.1 Å². The minimum atomic E-state index is -0.499. The van der Waals surface area contributed by atoms with Crippen molar-refractivity contribution in [1.29, 1.82) is 0 Å². The maximum atomic E-state index is 13.5. The number of hydrogen-bond donors (Lipinski definition) is 1. The molecule has 0 radical (unpaired) electrons. The van der Waals surface area contributed by atoms with Gasteiger partial charge < -0.3 is 10.2 Å². The van der Waals surface area contributed by atoms with Gasteiger partial charge in [-0.2, -0.15) is 0 Å². The van der Waals surface area contributed by atoms with Gasteiger partial charge in [-0.05, 0) is 25.0 Å². The topological polar surface area (TPSA) is 49.4 Å². The Morgan fingerprint density at radius 1 is 1.42 bits per heavy atom. The number of benzene rings is 1. The molecule has 1 aliphatic rings. The van der Waals surface area contributed by atoms with E-state index in [-0.39, 0.29) is 17.4 Å². The lowest BCUT2D eigenvalue weighted by atomic mass is 9.95. The summed E-state index contributed by atoms with van der Waals surface area (Å²) >= 11 is 0. The smallest absolute Gasteiger partial charge is 0.222 e. The van der Waals surface area contributed by atoms with Crippen molar-refractivity contribution in [1.82, 2.24) is 5.32 Å². The van der Waals surface area contributed by atoms with Crippen molar-refractivity contribution in [2.75, 3.05) is 25.0 Å². The quantitative estimate of drug-likeness (QED) is 0.844. The number of halogens is 1. The van der Waals surface area contributed by atoms with E-state index in [9.17, 15) is 14.0 Å². The molecular weight excluding hydrogens is 247 g/mol. The second-order valence-corrected chi connectivity index (χ2v) is 4.67. The molecule has 0 aromatic heterocycles. The molecular formula is C14H17FN2O2. The van der Waals surface area contributed by atoms with Gasteiger partial charge in [0.25, 0.3) is 0 Å². The molecule has 0 spiro atoms. The fraction of sp³-hybridized carbons (Fsp3) is 0.429. The Bertz CT molecular complexity index is 482. The van der Waals surface area contributed by atoms with Crippen LogP contribution < -0.4 is 10.2 Å². The minimum Gasteiger partial charge on any atom is -0.371 e. The van der Waals surface area contributed by atoms with Crippen LogP contribution in [-0.4, -0.2) is 32.3 Å². The zero-order chi connectivity index (χ0) is 13.8. The monoisotopic (exact) mass is 264 g/mol. The van der Waals surface area contributed by atoms with Gasteiger partial charge in [0.15, 0.2) is 6.29 Å². The number of piperidine rings is 1. The molecule has 102 valence electrons. The maximum absolute atomic E-state index is 13.5. The van der Waals surface area contributed by atoms with Gasteiger partial charge >= 0.3 is 0 Å². The van der Waals surface area contributed by atoms with E-state index in [0.717, 1.165) is 0 Å². The number of carbonyl (C=O) groups excluding carboxylic acids is 2. The highest BCUT2D eigenvalue weighted by Gasteiger charge is 2.25. The summed E-state index contributed by atoms with van der Waals surface area (Å²) in [6, 6.07) is 4.63. The zero-order valence-electron chi connectivity index (χ0n) is 10.9. The molecule has 1 aromatic carbocycles. The number of aldehydes is 1. The highest BCUT2D eigenvalue weighted by molar-refractivity contribution is 5.85. The first-order valence-electron chi connectivity index (χ1n) is 6.37. The third-order valence-corrected chi connectivity index (χ3v) is 3.60. The molecule has 1 fully saturated rings. The SMILES string of the molecule is CNC(=O)C1CCN(c2cccc(F)c2C=O)CC1. The van der Waals surface area contributed by atoms with E-state index in [2.05, 4.69) is 5.32 Å². The molecule has 1 heterocycles.